The molecule has 0 aromatic heterocycles. The minimum absolute atomic E-state index is 0.178. The quantitative estimate of drug-likeness (QED) is 0.739. The molecule has 0 N–H and O–H groups in total. The number of hydrogen-bond acceptors (Lipinski definition) is 5. The summed E-state index contributed by atoms with van der Waals surface area (Å²) < 4.78 is 36.5. The number of rotatable bonds is 7. The van der Waals surface area contributed by atoms with Crippen molar-refractivity contribution < 1.29 is 23.3 Å². The van der Waals surface area contributed by atoms with Crippen molar-refractivity contribution >= 4 is 0 Å². The predicted molar refractivity (Wildman–Crippen MR) is 98.6 cm³/mol. The summed E-state index contributed by atoms with van der Waals surface area (Å²) in [7, 11) is 1.64. The highest BCUT2D eigenvalue weighted by atomic mass is 19.1. The molecule has 0 amide bonds. The van der Waals surface area contributed by atoms with Crippen LogP contribution in [0.3, 0.4) is 0 Å². The van der Waals surface area contributed by atoms with Crippen LogP contribution >= 0.6 is 0 Å². The van der Waals surface area contributed by atoms with Crippen molar-refractivity contribution in [2.75, 3.05) is 27.1 Å². The van der Waals surface area contributed by atoms with E-state index in [1.807, 2.05) is 24.3 Å². The highest BCUT2D eigenvalue weighted by Gasteiger charge is 2.23. The first kappa shape index (κ1) is 18.1. The molecule has 1 atom stereocenters. The maximum atomic E-state index is 14.2. The summed E-state index contributed by atoms with van der Waals surface area (Å²) in [5.41, 5.74) is 1.66. The first-order valence-electron chi connectivity index (χ1n) is 9.27. The Morgan fingerprint density at radius 3 is 2.63 bits per heavy atom. The molecule has 2 heterocycles. The van der Waals surface area contributed by atoms with Gasteiger partial charge in [0, 0.05) is 43.4 Å². The molecule has 0 radical (unpaired) electrons. The lowest BCUT2D eigenvalue weighted by Gasteiger charge is -2.26. The first-order valence-corrected chi connectivity index (χ1v) is 9.27. The zero-order valence-electron chi connectivity index (χ0n) is 15.4. The molecule has 2 aromatic rings. The Morgan fingerprint density at radius 1 is 1.11 bits per heavy atom. The van der Waals surface area contributed by atoms with E-state index in [9.17, 15) is 4.39 Å². The van der Waals surface area contributed by atoms with E-state index in [1.54, 1.807) is 13.2 Å². The van der Waals surface area contributed by atoms with Gasteiger partial charge in [0.05, 0.1) is 13.2 Å². The summed E-state index contributed by atoms with van der Waals surface area (Å²) >= 11 is 0. The lowest BCUT2D eigenvalue weighted by atomic mass is 10.1. The topological polar surface area (TPSA) is 40.2 Å². The highest BCUT2D eigenvalue weighted by molar-refractivity contribution is 5.51. The Bertz CT molecular complexity index is 792. The molecule has 0 spiro atoms. The number of halogens is 1. The molecule has 0 aliphatic carbocycles. The van der Waals surface area contributed by atoms with Crippen molar-refractivity contribution in [3.8, 4) is 17.2 Å². The third kappa shape index (κ3) is 4.17. The van der Waals surface area contributed by atoms with Crippen LogP contribution in [0.5, 0.6) is 17.2 Å². The van der Waals surface area contributed by atoms with E-state index in [1.165, 1.54) is 6.07 Å². The lowest BCUT2D eigenvalue weighted by Crippen LogP contribution is -2.32. The van der Waals surface area contributed by atoms with E-state index in [-0.39, 0.29) is 18.7 Å². The minimum atomic E-state index is -0.188. The Hall–Kier alpha value is -2.31. The van der Waals surface area contributed by atoms with E-state index < -0.39 is 0 Å². The van der Waals surface area contributed by atoms with Gasteiger partial charge in [-0.1, -0.05) is 18.2 Å². The van der Waals surface area contributed by atoms with E-state index in [0.29, 0.717) is 30.2 Å². The summed E-state index contributed by atoms with van der Waals surface area (Å²) in [6, 6.07) is 10.7. The molecule has 27 heavy (non-hydrogen) atoms. The fraction of sp³-hybridized carbons (Fsp3) is 0.429. The summed E-state index contributed by atoms with van der Waals surface area (Å²) in [4.78, 5) is 2.20. The number of ether oxygens (including phenoxy) is 4. The molecular weight excluding hydrogens is 349 g/mol. The van der Waals surface area contributed by atoms with Crippen molar-refractivity contribution in [1.82, 2.24) is 4.90 Å². The Kier molecular flexibility index (Phi) is 5.45. The Balaban J connectivity index is 1.57. The number of methoxy groups -OCH3 is 1. The fourth-order valence-corrected chi connectivity index (χ4v) is 3.65. The molecule has 0 saturated carbocycles. The summed E-state index contributed by atoms with van der Waals surface area (Å²) in [5.74, 6) is 1.96. The molecule has 4 rings (SSSR count). The van der Waals surface area contributed by atoms with E-state index in [0.717, 1.165) is 37.3 Å². The maximum absolute atomic E-state index is 14.2. The molecule has 6 heteroatoms. The monoisotopic (exact) mass is 373 g/mol. The molecule has 0 bridgehead atoms. The van der Waals surface area contributed by atoms with Crippen LogP contribution in [0.4, 0.5) is 4.39 Å². The lowest BCUT2D eigenvalue weighted by molar-refractivity contribution is 0.0672. The number of benzene rings is 2. The van der Waals surface area contributed by atoms with Gasteiger partial charge >= 0.3 is 0 Å². The SMILES string of the molecule is COc1cc2c(cc1CN(Cc1ccccc1F)CC1CCCO1)OCO2. The smallest absolute Gasteiger partial charge is 0.231 e. The van der Waals surface area contributed by atoms with Crippen molar-refractivity contribution in [2.45, 2.75) is 32.0 Å². The largest absolute Gasteiger partial charge is 0.496 e. The maximum Gasteiger partial charge on any atom is 0.231 e. The van der Waals surface area contributed by atoms with Crippen LogP contribution in [0.1, 0.15) is 24.0 Å². The second-order valence-corrected chi connectivity index (χ2v) is 6.91. The van der Waals surface area contributed by atoms with E-state index in [4.69, 9.17) is 18.9 Å². The molecule has 1 unspecified atom stereocenters. The summed E-state index contributed by atoms with van der Waals surface area (Å²) in [6.07, 6.45) is 2.29. The third-order valence-electron chi connectivity index (χ3n) is 5.01. The second-order valence-electron chi connectivity index (χ2n) is 6.91. The zero-order valence-corrected chi connectivity index (χ0v) is 15.4. The normalized spacial score (nSPS) is 18.3. The zero-order chi connectivity index (χ0) is 18.6. The molecular formula is C21H24FNO4. The van der Waals surface area contributed by atoms with E-state index in [2.05, 4.69) is 4.90 Å². The molecule has 144 valence electrons. The van der Waals surface area contributed by atoms with Crippen LogP contribution in [0, 0.1) is 5.82 Å². The van der Waals surface area contributed by atoms with E-state index >= 15 is 0 Å². The number of hydrogen-bond donors (Lipinski definition) is 0. The average Bonchev–Trinajstić information content (AvgIpc) is 3.34. The fourth-order valence-electron chi connectivity index (χ4n) is 3.65. The van der Waals surface area contributed by atoms with Gasteiger partial charge in [0.25, 0.3) is 0 Å². The van der Waals surface area contributed by atoms with Crippen LogP contribution in [-0.4, -0.2) is 38.1 Å². The predicted octanol–water partition coefficient (Wildman–Crippen LogP) is 3.74. The van der Waals surface area contributed by atoms with Gasteiger partial charge < -0.3 is 18.9 Å². The molecule has 1 fully saturated rings. The first-order chi connectivity index (χ1) is 13.2. The van der Waals surface area contributed by atoms with Gasteiger partial charge in [0.1, 0.15) is 11.6 Å². The van der Waals surface area contributed by atoms with Gasteiger partial charge in [-0.25, -0.2) is 4.39 Å². The standard InChI is InChI=1S/C21H24FNO4/c1-24-19-10-21-20(26-14-27-21)9-16(19)12-23(13-17-6-4-8-25-17)11-15-5-2-3-7-18(15)22/h2-3,5,7,9-10,17H,4,6,8,11-14H2,1H3. The molecule has 2 aromatic carbocycles. The van der Waals surface area contributed by atoms with Gasteiger partial charge in [-0.2, -0.15) is 0 Å². The van der Waals surface area contributed by atoms with Crippen LogP contribution in [0.25, 0.3) is 0 Å². The van der Waals surface area contributed by atoms with Gasteiger partial charge in [-0.3, -0.25) is 4.90 Å². The van der Waals surface area contributed by atoms with Gasteiger partial charge in [-0.05, 0) is 25.0 Å². The highest BCUT2D eigenvalue weighted by Crippen LogP contribution is 2.38. The van der Waals surface area contributed by atoms with Crippen LogP contribution in [0.2, 0.25) is 0 Å². The van der Waals surface area contributed by atoms with Gasteiger partial charge in [-0.15, -0.1) is 0 Å². The Labute approximate surface area is 158 Å². The van der Waals surface area contributed by atoms with Crippen LogP contribution in [-0.2, 0) is 17.8 Å². The molecule has 2 aliphatic rings. The second kappa shape index (κ2) is 8.15. The minimum Gasteiger partial charge on any atom is -0.496 e. The third-order valence-corrected chi connectivity index (χ3v) is 5.01. The van der Waals surface area contributed by atoms with Crippen molar-refractivity contribution in [1.29, 1.82) is 0 Å². The van der Waals surface area contributed by atoms with Crippen LogP contribution < -0.4 is 14.2 Å². The van der Waals surface area contributed by atoms with Crippen molar-refractivity contribution in [3.05, 3.63) is 53.3 Å². The Morgan fingerprint density at radius 2 is 1.89 bits per heavy atom. The van der Waals surface area contributed by atoms with Crippen molar-refractivity contribution in [2.24, 2.45) is 0 Å². The van der Waals surface area contributed by atoms with Gasteiger partial charge in [0.2, 0.25) is 6.79 Å². The average molecular weight is 373 g/mol. The van der Waals surface area contributed by atoms with Gasteiger partial charge in [0.15, 0.2) is 11.5 Å². The molecule has 2 aliphatic heterocycles. The molecule has 5 nitrogen and oxygen atoms in total. The molecule has 1 saturated heterocycles. The summed E-state index contributed by atoms with van der Waals surface area (Å²) in [5, 5.41) is 0. The number of fused-ring (bicyclic) bond motifs is 1. The summed E-state index contributed by atoms with van der Waals surface area (Å²) in [6.45, 7) is 2.87. The van der Waals surface area contributed by atoms with Crippen LogP contribution in [0.15, 0.2) is 36.4 Å². The number of nitrogens with zero attached hydrogens (tertiary/aromatic N) is 1. The van der Waals surface area contributed by atoms with Crippen molar-refractivity contribution in [3.63, 3.8) is 0 Å².